The van der Waals surface area contributed by atoms with Crippen LogP contribution in [0.1, 0.15) is 25.3 Å². The van der Waals surface area contributed by atoms with Crippen LogP contribution in [0.5, 0.6) is 0 Å². The Labute approximate surface area is 168 Å². The zero-order valence-electron chi connectivity index (χ0n) is 16.3. The van der Waals surface area contributed by atoms with Gasteiger partial charge >= 0.3 is 0 Å². The molecule has 6 nitrogen and oxygen atoms in total. The van der Waals surface area contributed by atoms with Crippen molar-refractivity contribution >= 4 is 17.4 Å². The summed E-state index contributed by atoms with van der Waals surface area (Å²) in [5, 5.41) is 3.01. The fraction of sp³-hybridized carbons (Fsp3) is 0.273. The number of aryl methyl sites for hydroxylation is 1. The smallest absolute Gasteiger partial charge is 0.247 e. The number of aromatic nitrogens is 3. The molecule has 1 saturated heterocycles. The third kappa shape index (κ3) is 3.94. The van der Waals surface area contributed by atoms with Crippen molar-refractivity contribution in [3.63, 3.8) is 0 Å². The lowest BCUT2D eigenvalue weighted by Gasteiger charge is -2.28. The van der Waals surface area contributed by atoms with E-state index in [1.165, 1.54) is 0 Å². The number of benzene rings is 1. The molecule has 0 spiro atoms. The molecule has 0 aliphatic carbocycles. The second-order valence-electron chi connectivity index (χ2n) is 7.28. The SMILES string of the molecule is Cc1ccc(NC(=O)[C@@H]2CC[C@@H](C)N2c2ccccn2)cc1-c1ncc(F)cn1. The minimum atomic E-state index is -0.485. The number of carbonyl (C=O) groups is 1. The Morgan fingerprint density at radius 2 is 1.93 bits per heavy atom. The molecule has 0 radical (unpaired) electrons. The van der Waals surface area contributed by atoms with Crippen molar-refractivity contribution in [1.29, 1.82) is 0 Å². The summed E-state index contributed by atoms with van der Waals surface area (Å²) in [6, 6.07) is 11.2. The lowest BCUT2D eigenvalue weighted by Crippen LogP contribution is -2.43. The normalized spacial score (nSPS) is 18.7. The zero-order valence-corrected chi connectivity index (χ0v) is 16.3. The molecule has 1 aliphatic rings. The molecule has 2 aromatic heterocycles. The highest BCUT2D eigenvalue weighted by atomic mass is 19.1. The molecule has 0 unspecified atom stereocenters. The summed E-state index contributed by atoms with van der Waals surface area (Å²) in [6.07, 6.45) is 5.71. The Kier molecular flexibility index (Phi) is 5.20. The van der Waals surface area contributed by atoms with Crippen LogP contribution in [0.15, 0.2) is 55.0 Å². The fourth-order valence-corrected chi connectivity index (χ4v) is 3.75. The summed E-state index contributed by atoms with van der Waals surface area (Å²) < 4.78 is 13.1. The van der Waals surface area contributed by atoms with Gasteiger partial charge in [-0.25, -0.2) is 19.3 Å². The number of halogens is 1. The highest BCUT2D eigenvalue weighted by Crippen LogP contribution is 2.30. The van der Waals surface area contributed by atoms with Gasteiger partial charge in [0.2, 0.25) is 5.91 Å². The summed E-state index contributed by atoms with van der Waals surface area (Å²) >= 11 is 0. The molecule has 148 valence electrons. The summed E-state index contributed by atoms with van der Waals surface area (Å²) in [6.45, 7) is 4.03. The topological polar surface area (TPSA) is 71.0 Å². The number of rotatable bonds is 4. The van der Waals surface area contributed by atoms with Crippen molar-refractivity contribution in [3.8, 4) is 11.4 Å². The van der Waals surface area contributed by atoms with Crippen molar-refractivity contribution in [2.75, 3.05) is 10.2 Å². The van der Waals surface area contributed by atoms with E-state index in [1.807, 2.05) is 43.3 Å². The van der Waals surface area contributed by atoms with Crippen molar-refractivity contribution in [1.82, 2.24) is 15.0 Å². The monoisotopic (exact) mass is 391 g/mol. The molecule has 29 heavy (non-hydrogen) atoms. The minimum Gasteiger partial charge on any atom is -0.342 e. The van der Waals surface area contributed by atoms with Crippen LogP contribution in [0, 0.1) is 12.7 Å². The highest BCUT2D eigenvalue weighted by molar-refractivity contribution is 5.97. The molecule has 0 bridgehead atoms. The average Bonchev–Trinajstić information content (AvgIpc) is 3.12. The maximum atomic E-state index is 13.1. The number of nitrogens with zero attached hydrogens (tertiary/aromatic N) is 4. The maximum Gasteiger partial charge on any atom is 0.247 e. The molecule has 1 fully saturated rings. The van der Waals surface area contributed by atoms with E-state index >= 15 is 0 Å². The van der Waals surface area contributed by atoms with Crippen LogP contribution in [0.4, 0.5) is 15.9 Å². The Morgan fingerprint density at radius 3 is 2.66 bits per heavy atom. The van der Waals surface area contributed by atoms with Gasteiger partial charge in [0, 0.05) is 23.5 Å². The van der Waals surface area contributed by atoms with Crippen LogP contribution in [0.3, 0.4) is 0 Å². The number of carbonyl (C=O) groups excluding carboxylic acids is 1. The first-order valence-electron chi connectivity index (χ1n) is 9.62. The number of nitrogens with one attached hydrogen (secondary N) is 1. The third-order valence-corrected chi connectivity index (χ3v) is 5.25. The molecule has 3 heterocycles. The number of pyridine rings is 1. The molecule has 0 saturated carbocycles. The summed E-state index contributed by atoms with van der Waals surface area (Å²) in [7, 11) is 0. The van der Waals surface area contributed by atoms with Crippen LogP contribution in [0.2, 0.25) is 0 Å². The summed E-state index contributed by atoms with van der Waals surface area (Å²) in [5.41, 5.74) is 2.35. The van der Waals surface area contributed by atoms with Gasteiger partial charge in [0.1, 0.15) is 11.9 Å². The molecule has 1 aromatic carbocycles. The summed E-state index contributed by atoms with van der Waals surface area (Å²) in [4.78, 5) is 27.7. The molecule has 7 heteroatoms. The molecule has 3 aromatic rings. The summed E-state index contributed by atoms with van der Waals surface area (Å²) in [5.74, 6) is 0.669. The van der Waals surface area contributed by atoms with E-state index in [4.69, 9.17) is 0 Å². The van der Waals surface area contributed by atoms with Gasteiger partial charge in [-0.05, 0) is 56.5 Å². The Balaban J connectivity index is 1.57. The van der Waals surface area contributed by atoms with E-state index in [2.05, 4.69) is 32.1 Å². The van der Waals surface area contributed by atoms with Crippen molar-refractivity contribution in [2.45, 2.75) is 38.8 Å². The number of hydrogen-bond acceptors (Lipinski definition) is 5. The molecule has 1 N–H and O–H groups in total. The van der Waals surface area contributed by atoms with Gasteiger partial charge in [-0.3, -0.25) is 4.79 Å². The van der Waals surface area contributed by atoms with Gasteiger partial charge < -0.3 is 10.2 Å². The molecule has 1 amide bonds. The van der Waals surface area contributed by atoms with Gasteiger partial charge in [-0.1, -0.05) is 12.1 Å². The van der Waals surface area contributed by atoms with Gasteiger partial charge in [-0.2, -0.15) is 0 Å². The van der Waals surface area contributed by atoms with Crippen LogP contribution in [-0.4, -0.2) is 32.9 Å². The van der Waals surface area contributed by atoms with E-state index in [1.54, 1.807) is 6.20 Å². The average molecular weight is 391 g/mol. The van der Waals surface area contributed by atoms with Gasteiger partial charge in [0.05, 0.1) is 12.4 Å². The molecule has 2 atom stereocenters. The molecule has 1 aliphatic heterocycles. The van der Waals surface area contributed by atoms with Gasteiger partial charge in [0.15, 0.2) is 11.6 Å². The predicted octanol–water partition coefficient (Wildman–Crippen LogP) is 3.98. The second kappa shape index (κ2) is 7.95. The second-order valence-corrected chi connectivity index (χ2v) is 7.28. The zero-order chi connectivity index (χ0) is 20.4. The van der Waals surface area contributed by atoms with E-state index in [0.717, 1.165) is 42.2 Å². The highest BCUT2D eigenvalue weighted by Gasteiger charge is 2.36. The van der Waals surface area contributed by atoms with Crippen molar-refractivity contribution in [3.05, 3.63) is 66.4 Å². The lowest BCUT2D eigenvalue weighted by molar-refractivity contribution is -0.117. The van der Waals surface area contributed by atoms with Crippen molar-refractivity contribution in [2.24, 2.45) is 0 Å². The van der Waals surface area contributed by atoms with Crippen LogP contribution in [-0.2, 0) is 4.79 Å². The van der Waals surface area contributed by atoms with Crippen LogP contribution >= 0.6 is 0 Å². The van der Waals surface area contributed by atoms with E-state index in [0.29, 0.717) is 11.5 Å². The van der Waals surface area contributed by atoms with E-state index in [-0.39, 0.29) is 18.0 Å². The minimum absolute atomic E-state index is 0.0742. The van der Waals surface area contributed by atoms with Crippen molar-refractivity contribution < 1.29 is 9.18 Å². The molecular formula is C22H22FN5O. The van der Waals surface area contributed by atoms with Gasteiger partial charge in [0.25, 0.3) is 0 Å². The third-order valence-electron chi connectivity index (χ3n) is 5.25. The molecule has 4 rings (SSSR count). The van der Waals surface area contributed by atoms with E-state index in [9.17, 15) is 9.18 Å². The standard InChI is InChI=1S/C22H22FN5O/c1-14-6-8-17(11-18(14)21-25-12-16(23)13-26-21)27-22(29)19-9-7-15(2)28(19)20-5-3-4-10-24-20/h3-6,8,10-13,15,19H,7,9H2,1-2H3,(H,27,29)/t15-,19+/m1/s1. The first kappa shape index (κ1) is 19.0. The predicted molar refractivity (Wildman–Crippen MR) is 110 cm³/mol. The maximum absolute atomic E-state index is 13.1. The Hall–Kier alpha value is -3.35. The first-order chi connectivity index (χ1) is 14.0. The lowest BCUT2D eigenvalue weighted by atomic mass is 10.1. The number of hydrogen-bond donors (Lipinski definition) is 1. The van der Waals surface area contributed by atoms with E-state index < -0.39 is 5.82 Å². The van der Waals surface area contributed by atoms with Crippen LogP contribution in [0.25, 0.3) is 11.4 Å². The van der Waals surface area contributed by atoms with Crippen LogP contribution < -0.4 is 10.2 Å². The largest absolute Gasteiger partial charge is 0.342 e. The molecular weight excluding hydrogens is 369 g/mol. The number of anilines is 2. The first-order valence-corrected chi connectivity index (χ1v) is 9.62. The Morgan fingerprint density at radius 1 is 1.14 bits per heavy atom. The fourth-order valence-electron chi connectivity index (χ4n) is 3.75. The number of amides is 1. The quantitative estimate of drug-likeness (QED) is 0.728. The van der Waals surface area contributed by atoms with Gasteiger partial charge in [-0.15, -0.1) is 0 Å². The Bertz CT molecular complexity index is 1010.